The number of rotatable bonds is 1. The van der Waals surface area contributed by atoms with E-state index in [1.54, 1.807) is 15.9 Å². The summed E-state index contributed by atoms with van der Waals surface area (Å²) < 4.78 is 40.9. The minimum absolute atomic E-state index is 0.730. The molecule has 1 atom stereocenters. The van der Waals surface area contributed by atoms with Crippen LogP contribution < -0.4 is 0 Å². The fraction of sp³-hybridized carbons (Fsp3) is 0.667. The lowest BCUT2D eigenvalue weighted by atomic mass is 10.4. The van der Waals surface area contributed by atoms with Gasteiger partial charge in [0, 0.05) is 22.6 Å². The van der Waals surface area contributed by atoms with Crippen LogP contribution in [0, 0.1) is 0 Å². The summed E-state index contributed by atoms with van der Waals surface area (Å²) in [5.41, 5.74) is 0. The van der Waals surface area contributed by atoms with Crippen LogP contribution in [-0.4, -0.2) is 14.5 Å². The highest BCUT2D eigenvalue weighted by molar-refractivity contribution is 14.1. The maximum Gasteiger partial charge on any atom is 0.441 e. The van der Waals surface area contributed by atoms with Crippen molar-refractivity contribution in [1.29, 1.82) is 0 Å². The van der Waals surface area contributed by atoms with E-state index in [1.165, 1.54) is 0 Å². The third-order valence-electron chi connectivity index (χ3n) is 0.603. The number of carbonyl (C=O) groups excluding carboxylic acids is 1. The summed E-state index contributed by atoms with van der Waals surface area (Å²) in [7, 11) is 0. The van der Waals surface area contributed by atoms with Crippen LogP contribution in [0.25, 0.3) is 0 Å². The molecule has 0 aromatic carbocycles. The van der Waals surface area contributed by atoms with Gasteiger partial charge in [0.15, 0.2) is 0 Å². The van der Waals surface area contributed by atoms with Gasteiger partial charge in [-0.3, -0.25) is 4.79 Å². The Bertz CT molecular complexity index is 153. The standard InChI is InChI=1S/C3BrF4IO/c4-2(5,1(9)10)3(6,7)8. The van der Waals surface area contributed by atoms with E-state index in [2.05, 4.69) is 0 Å². The molecule has 1 nitrogen and oxygen atoms in total. The molecule has 0 fully saturated rings. The van der Waals surface area contributed by atoms with Crippen LogP contribution in [0.2, 0.25) is 0 Å². The molecule has 0 rings (SSSR count). The third kappa shape index (κ3) is 2.04. The van der Waals surface area contributed by atoms with Gasteiger partial charge < -0.3 is 0 Å². The lowest BCUT2D eigenvalue weighted by Crippen LogP contribution is -2.39. The summed E-state index contributed by atoms with van der Waals surface area (Å²) in [6.07, 6.45) is -5.19. The van der Waals surface area contributed by atoms with E-state index < -0.39 is 14.5 Å². The second-order valence-electron chi connectivity index (χ2n) is 1.35. The van der Waals surface area contributed by atoms with E-state index >= 15 is 0 Å². The molecular formula is C3BrF4IO. The lowest BCUT2D eigenvalue weighted by Gasteiger charge is -2.16. The molecule has 10 heavy (non-hydrogen) atoms. The molecule has 0 radical (unpaired) electrons. The van der Waals surface area contributed by atoms with Crippen LogP contribution in [0.3, 0.4) is 0 Å². The normalized spacial score (nSPS) is 18.2. The third-order valence-corrected chi connectivity index (χ3v) is 2.90. The first kappa shape index (κ1) is 10.6. The first-order chi connectivity index (χ1) is 4.19. The summed E-state index contributed by atoms with van der Waals surface area (Å²) in [5.74, 6) is 0. The Balaban J connectivity index is 4.57. The van der Waals surface area contributed by atoms with Gasteiger partial charge in [0.2, 0.25) is 3.79 Å². The summed E-state index contributed by atoms with van der Waals surface area (Å²) in [5, 5.41) is 0. The highest BCUT2D eigenvalue weighted by Crippen LogP contribution is 2.41. The zero-order valence-electron chi connectivity index (χ0n) is 4.18. The fourth-order valence-electron chi connectivity index (χ4n) is 0.111. The molecule has 0 N–H and O–H groups in total. The molecule has 0 aromatic heterocycles. The van der Waals surface area contributed by atoms with Gasteiger partial charge in [-0.05, 0) is 15.9 Å². The molecular weight excluding hydrogens is 335 g/mol. The van der Waals surface area contributed by atoms with Crippen molar-refractivity contribution in [1.82, 2.24) is 0 Å². The molecule has 0 aliphatic rings. The zero-order valence-corrected chi connectivity index (χ0v) is 7.92. The largest absolute Gasteiger partial charge is 0.441 e. The molecule has 0 spiro atoms. The average molecular weight is 335 g/mol. The van der Waals surface area contributed by atoms with Gasteiger partial charge in [-0.2, -0.15) is 13.2 Å². The average Bonchev–Trinajstić information content (AvgIpc) is 1.62. The minimum Gasteiger partial charge on any atom is -0.283 e. The smallest absolute Gasteiger partial charge is 0.283 e. The van der Waals surface area contributed by atoms with E-state index in [9.17, 15) is 22.4 Å². The predicted molar refractivity (Wildman–Crippen MR) is 37.8 cm³/mol. The van der Waals surface area contributed by atoms with E-state index in [0.29, 0.717) is 0 Å². The van der Waals surface area contributed by atoms with Crippen molar-refractivity contribution in [2.75, 3.05) is 0 Å². The Labute approximate surface area is 75.4 Å². The van der Waals surface area contributed by atoms with Crippen molar-refractivity contribution >= 4 is 42.3 Å². The second-order valence-corrected chi connectivity index (χ2v) is 3.42. The number of alkyl halides is 5. The van der Waals surface area contributed by atoms with Gasteiger partial charge in [0.25, 0.3) is 0 Å². The van der Waals surface area contributed by atoms with Gasteiger partial charge in [-0.15, -0.1) is 0 Å². The van der Waals surface area contributed by atoms with Crippen molar-refractivity contribution in [2.45, 2.75) is 10.8 Å². The molecule has 0 saturated heterocycles. The Morgan fingerprint density at radius 3 is 1.60 bits per heavy atom. The topological polar surface area (TPSA) is 17.1 Å². The molecule has 0 aliphatic carbocycles. The van der Waals surface area contributed by atoms with Crippen LogP contribution in [0.1, 0.15) is 0 Å². The van der Waals surface area contributed by atoms with Crippen LogP contribution in [0.5, 0.6) is 0 Å². The fourth-order valence-corrected chi connectivity index (χ4v) is 0.417. The number of halogens is 6. The highest BCUT2D eigenvalue weighted by atomic mass is 127. The van der Waals surface area contributed by atoms with Crippen LogP contribution >= 0.6 is 38.5 Å². The molecule has 60 valence electrons. The van der Waals surface area contributed by atoms with Crippen molar-refractivity contribution in [3.63, 3.8) is 0 Å². The van der Waals surface area contributed by atoms with Gasteiger partial charge in [0.05, 0.1) is 0 Å². The molecule has 0 aromatic rings. The van der Waals surface area contributed by atoms with Crippen LogP contribution in [0.4, 0.5) is 17.6 Å². The molecule has 0 amide bonds. The molecule has 0 aliphatic heterocycles. The molecule has 1 unspecified atom stereocenters. The first-order valence-corrected chi connectivity index (χ1v) is 3.71. The van der Waals surface area contributed by atoms with E-state index in [0.717, 1.165) is 22.6 Å². The summed E-state index contributed by atoms with van der Waals surface area (Å²) >= 11 is 2.35. The first-order valence-electron chi connectivity index (χ1n) is 1.84. The van der Waals surface area contributed by atoms with E-state index in [1.807, 2.05) is 0 Å². The molecule has 0 heterocycles. The monoisotopic (exact) mass is 334 g/mol. The summed E-state index contributed by atoms with van der Waals surface area (Å²) in [4.78, 5) is 9.96. The van der Waals surface area contributed by atoms with Crippen molar-refractivity contribution < 1.29 is 22.4 Å². The Morgan fingerprint density at radius 2 is 1.60 bits per heavy atom. The number of hydrogen-bond acceptors (Lipinski definition) is 1. The van der Waals surface area contributed by atoms with Gasteiger partial charge in [-0.25, -0.2) is 4.39 Å². The van der Waals surface area contributed by atoms with Crippen LogP contribution in [-0.2, 0) is 4.79 Å². The van der Waals surface area contributed by atoms with Gasteiger partial charge >= 0.3 is 10.8 Å². The van der Waals surface area contributed by atoms with E-state index in [-0.39, 0.29) is 0 Å². The minimum atomic E-state index is -5.19. The number of hydrogen-bond donors (Lipinski definition) is 0. The second kappa shape index (κ2) is 2.92. The maximum absolute atomic E-state index is 12.2. The Morgan fingerprint density at radius 1 is 1.30 bits per heavy atom. The maximum atomic E-state index is 12.2. The van der Waals surface area contributed by atoms with Crippen molar-refractivity contribution in [2.24, 2.45) is 0 Å². The SMILES string of the molecule is O=C(I)C(F)(Br)C(F)(F)F. The molecule has 7 heteroatoms. The summed E-state index contributed by atoms with van der Waals surface area (Å²) in [6, 6.07) is 0. The van der Waals surface area contributed by atoms with E-state index in [4.69, 9.17) is 0 Å². The summed E-state index contributed by atoms with van der Waals surface area (Å²) in [6.45, 7) is 0. The predicted octanol–water partition coefficient (Wildman–Crippen LogP) is 2.57. The van der Waals surface area contributed by atoms with Crippen LogP contribution in [0.15, 0.2) is 0 Å². The zero-order chi connectivity index (χ0) is 8.58. The Kier molecular flexibility index (Phi) is 3.09. The highest BCUT2D eigenvalue weighted by Gasteiger charge is 2.59. The lowest BCUT2D eigenvalue weighted by molar-refractivity contribution is -0.188. The van der Waals surface area contributed by atoms with Gasteiger partial charge in [-0.1, -0.05) is 0 Å². The quantitative estimate of drug-likeness (QED) is 0.312. The van der Waals surface area contributed by atoms with Crippen molar-refractivity contribution in [3.8, 4) is 0 Å². The van der Waals surface area contributed by atoms with Crippen molar-refractivity contribution in [3.05, 3.63) is 0 Å². The molecule has 0 bridgehead atoms. The molecule has 0 saturated carbocycles. The Hall–Kier alpha value is 0.600. The number of carbonyl (C=O) groups is 1. The van der Waals surface area contributed by atoms with Gasteiger partial charge in [0.1, 0.15) is 0 Å².